The fraction of sp³-hybridized carbons (Fsp3) is 0.167. The van der Waals surface area contributed by atoms with Crippen LogP contribution in [0.5, 0.6) is 5.75 Å². The van der Waals surface area contributed by atoms with Crippen molar-refractivity contribution in [3.05, 3.63) is 36.0 Å². The summed E-state index contributed by atoms with van der Waals surface area (Å²) >= 11 is 0. The van der Waals surface area contributed by atoms with E-state index >= 15 is 0 Å². The Balaban J connectivity index is 2.37. The van der Waals surface area contributed by atoms with Gasteiger partial charge in [-0.1, -0.05) is 0 Å². The smallest absolute Gasteiger partial charge is 0.263 e. The summed E-state index contributed by atoms with van der Waals surface area (Å²) in [6.07, 6.45) is 1.33. The van der Waals surface area contributed by atoms with Gasteiger partial charge in [0.1, 0.15) is 17.4 Å². The lowest BCUT2D eigenvalue weighted by molar-refractivity contribution is 0.414. The molecule has 0 aliphatic rings. The molecule has 0 bridgehead atoms. The average Bonchev–Trinajstić information content (AvgIpc) is 2.80. The van der Waals surface area contributed by atoms with Crippen LogP contribution < -0.4 is 15.2 Å². The van der Waals surface area contributed by atoms with Crippen LogP contribution in [-0.2, 0) is 17.1 Å². The molecule has 1 aromatic heterocycles. The second kappa shape index (κ2) is 5.44. The third-order valence-electron chi connectivity index (χ3n) is 2.83. The third-order valence-corrected chi connectivity index (χ3v) is 4.18. The van der Waals surface area contributed by atoms with Gasteiger partial charge in [-0.3, -0.25) is 14.8 Å². The van der Waals surface area contributed by atoms with Crippen molar-refractivity contribution >= 4 is 21.7 Å². The molecule has 0 spiro atoms. The normalized spacial score (nSPS) is 11.1. The van der Waals surface area contributed by atoms with E-state index in [1.54, 1.807) is 19.2 Å². The SMILES string of the molecule is COc1ccc(S(=O)(=O)Nc2c(C(=N)N)cnn2C)cc1. The van der Waals surface area contributed by atoms with Crippen LogP contribution in [0.25, 0.3) is 0 Å². The van der Waals surface area contributed by atoms with Crippen LogP contribution in [-0.4, -0.2) is 31.1 Å². The van der Waals surface area contributed by atoms with Gasteiger partial charge in [0.05, 0.1) is 23.8 Å². The number of nitrogens with one attached hydrogen (secondary N) is 2. The van der Waals surface area contributed by atoms with E-state index in [0.29, 0.717) is 5.75 Å². The molecule has 112 valence electrons. The number of aryl methyl sites for hydroxylation is 1. The van der Waals surface area contributed by atoms with Gasteiger partial charge in [-0.05, 0) is 24.3 Å². The lowest BCUT2D eigenvalue weighted by Crippen LogP contribution is -2.19. The Labute approximate surface area is 122 Å². The molecular weight excluding hydrogens is 294 g/mol. The maximum atomic E-state index is 12.3. The van der Waals surface area contributed by atoms with E-state index in [1.165, 1.54) is 30.1 Å². The van der Waals surface area contributed by atoms with Crippen molar-refractivity contribution in [2.45, 2.75) is 4.90 Å². The minimum Gasteiger partial charge on any atom is -0.497 e. The zero-order valence-electron chi connectivity index (χ0n) is 11.5. The molecule has 21 heavy (non-hydrogen) atoms. The number of aromatic nitrogens is 2. The Bertz CT molecular complexity index is 765. The first-order chi connectivity index (χ1) is 9.85. The van der Waals surface area contributed by atoms with Gasteiger partial charge in [-0.15, -0.1) is 0 Å². The molecule has 2 aromatic rings. The highest BCUT2D eigenvalue weighted by Gasteiger charge is 2.20. The predicted octanol–water partition coefficient (Wildman–Crippen LogP) is 0.514. The van der Waals surface area contributed by atoms with Crippen LogP contribution in [0.3, 0.4) is 0 Å². The number of anilines is 1. The summed E-state index contributed by atoms with van der Waals surface area (Å²) in [4.78, 5) is 0.0685. The fourth-order valence-electron chi connectivity index (χ4n) is 1.70. The van der Waals surface area contributed by atoms with E-state index in [0.717, 1.165) is 0 Å². The first kappa shape index (κ1) is 14.9. The monoisotopic (exact) mass is 309 g/mol. The number of hydrogen-bond donors (Lipinski definition) is 3. The average molecular weight is 309 g/mol. The quantitative estimate of drug-likeness (QED) is 0.548. The summed E-state index contributed by atoms with van der Waals surface area (Å²) in [5.41, 5.74) is 5.62. The Morgan fingerprint density at radius 2 is 2.00 bits per heavy atom. The molecule has 2 rings (SSSR count). The van der Waals surface area contributed by atoms with E-state index in [1.807, 2.05) is 0 Å². The summed E-state index contributed by atoms with van der Waals surface area (Å²) in [6, 6.07) is 5.93. The van der Waals surface area contributed by atoms with Crippen molar-refractivity contribution in [1.29, 1.82) is 5.41 Å². The number of amidine groups is 1. The summed E-state index contributed by atoms with van der Waals surface area (Å²) < 4.78 is 33.3. The van der Waals surface area contributed by atoms with E-state index in [4.69, 9.17) is 15.9 Å². The minimum absolute atomic E-state index is 0.0685. The Morgan fingerprint density at radius 1 is 1.38 bits per heavy atom. The molecule has 8 nitrogen and oxygen atoms in total. The topological polar surface area (TPSA) is 123 Å². The van der Waals surface area contributed by atoms with Gasteiger partial charge in [0, 0.05) is 7.05 Å². The van der Waals surface area contributed by atoms with Gasteiger partial charge in [-0.25, -0.2) is 8.42 Å². The predicted molar refractivity (Wildman–Crippen MR) is 78.0 cm³/mol. The molecule has 1 heterocycles. The van der Waals surface area contributed by atoms with Crippen LogP contribution in [0.1, 0.15) is 5.56 Å². The van der Waals surface area contributed by atoms with E-state index in [-0.39, 0.29) is 22.1 Å². The second-order valence-electron chi connectivity index (χ2n) is 4.23. The molecule has 0 radical (unpaired) electrons. The first-order valence-electron chi connectivity index (χ1n) is 5.88. The molecule has 0 saturated carbocycles. The van der Waals surface area contributed by atoms with Crippen molar-refractivity contribution in [1.82, 2.24) is 9.78 Å². The fourth-order valence-corrected chi connectivity index (χ4v) is 2.81. The third kappa shape index (κ3) is 2.97. The number of nitrogens with two attached hydrogens (primary N) is 1. The number of benzene rings is 1. The number of methoxy groups -OCH3 is 1. The first-order valence-corrected chi connectivity index (χ1v) is 7.36. The van der Waals surface area contributed by atoms with E-state index in [2.05, 4.69) is 9.82 Å². The van der Waals surface area contributed by atoms with Crippen LogP contribution >= 0.6 is 0 Å². The number of rotatable bonds is 5. The van der Waals surface area contributed by atoms with Gasteiger partial charge in [-0.2, -0.15) is 5.10 Å². The van der Waals surface area contributed by atoms with Crippen molar-refractivity contribution in [2.24, 2.45) is 12.8 Å². The number of nitrogens with zero attached hydrogens (tertiary/aromatic N) is 2. The van der Waals surface area contributed by atoms with Crippen LogP contribution in [0.4, 0.5) is 5.82 Å². The van der Waals surface area contributed by atoms with Crippen molar-refractivity contribution in [2.75, 3.05) is 11.8 Å². The van der Waals surface area contributed by atoms with Crippen LogP contribution in [0, 0.1) is 5.41 Å². The lowest BCUT2D eigenvalue weighted by Gasteiger charge is -2.10. The van der Waals surface area contributed by atoms with Gasteiger partial charge in [0.2, 0.25) is 0 Å². The van der Waals surface area contributed by atoms with E-state index in [9.17, 15) is 8.42 Å². The zero-order valence-corrected chi connectivity index (χ0v) is 12.3. The summed E-state index contributed by atoms with van der Waals surface area (Å²) in [5, 5.41) is 11.3. The highest BCUT2D eigenvalue weighted by molar-refractivity contribution is 7.92. The van der Waals surface area contributed by atoms with E-state index < -0.39 is 10.0 Å². The number of nitrogen functional groups attached to an aromatic ring is 1. The molecule has 0 saturated heterocycles. The molecular formula is C12H15N5O3S. The number of ether oxygens (including phenoxy) is 1. The summed E-state index contributed by atoms with van der Waals surface area (Å²) in [7, 11) is -0.755. The highest BCUT2D eigenvalue weighted by atomic mass is 32.2. The molecule has 0 aliphatic carbocycles. The molecule has 0 aliphatic heterocycles. The molecule has 0 fully saturated rings. The molecule has 0 unspecified atom stereocenters. The standard InChI is InChI=1S/C12H15N5O3S/c1-17-12(10(7-15-17)11(13)14)16-21(18,19)9-5-3-8(20-2)4-6-9/h3-7,16H,1-2H3,(H3,13,14). The summed E-state index contributed by atoms with van der Waals surface area (Å²) in [5.74, 6) is 0.424. The molecule has 1 aromatic carbocycles. The Morgan fingerprint density at radius 3 is 2.52 bits per heavy atom. The largest absolute Gasteiger partial charge is 0.497 e. The zero-order chi connectivity index (χ0) is 15.6. The van der Waals surface area contributed by atoms with Gasteiger partial charge in [0.15, 0.2) is 0 Å². The number of sulfonamides is 1. The van der Waals surface area contributed by atoms with Gasteiger partial charge in [0.25, 0.3) is 10.0 Å². The minimum atomic E-state index is -3.81. The highest BCUT2D eigenvalue weighted by Crippen LogP contribution is 2.21. The molecule has 0 amide bonds. The van der Waals surface area contributed by atoms with Crippen molar-refractivity contribution in [3.8, 4) is 5.75 Å². The van der Waals surface area contributed by atoms with Crippen molar-refractivity contribution < 1.29 is 13.2 Å². The second-order valence-corrected chi connectivity index (χ2v) is 5.91. The molecule has 0 atom stereocenters. The summed E-state index contributed by atoms with van der Waals surface area (Å²) in [6.45, 7) is 0. The number of hydrogen-bond acceptors (Lipinski definition) is 5. The van der Waals surface area contributed by atoms with Gasteiger partial charge >= 0.3 is 0 Å². The molecule has 4 N–H and O–H groups in total. The van der Waals surface area contributed by atoms with Gasteiger partial charge < -0.3 is 10.5 Å². The van der Waals surface area contributed by atoms with Crippen LogP contribution in [0.15, 0.2) is 35.4 Å². The lowest BCUT2D eigenvalue weighted by atomic mass is 10.3. The maximum Gasteiger partial charge on any atom is 0.263 e. The molecule has 9 heteroatoms. The maximum absolute atomic E-state index is 12.3. The Hall–Kier alpha value is -2.55. The van der Waals surface area contributed by atoms with Crippen LogP contribution in [0.2, 0.25) is 0 Å². The Kier molecular flexibility index (Phi) is 3.85. The van der Waals surface area contributed by atoms with Crippen molar-refractivity contribution in [3.63, 3.8) is 0 Å².